The van der Waals surface area contributed by atoms with Crippen molar-refractivity contribution < 1.29 is 56.9 Å². The minimum absolute atomic E-state index is 5.71. The smallest absolute Gasteiger partial charge is 0.382 e. The Morgan fingerprint density at radius 2 is 1.10 bits per heavy atom. The lowest BCUT2D eigenvalue weighted by atomic mass is 9.82. The molecule has 2 atom stereocenters. The van der Waals surface area contributed by atoms with Crippen molar-refractivity contribution in [1.29, 1.82) is 0 Å². The van der Waals surface area contributed by atoms with Crippen molar-refractivity contribution in [1.82, 2.24) is 0 Å². The Balaban J connectivity index is 3.85. The molecule has 0 aromatic rings. The molecule has 0 aliphatic heterocycles. The molecule has 1 aliphatic carbocycles. The Morgan fingerprint density at radius 1 is 0.750 bits per heavy atom. The molecule has 20 heavy (non-hydrogen) atoms. The average Bonchev–Trinajstić information content (AvgIpc) is 2.22. The van der Waals surface area contributed by atoms with Crippen molar-refractivity contribution >= 4 is 10.1 Å². The van der Waals surface area contributed by atoms with Crippen LogP contribution in [-0.2, 0) is 10.1 Å². The molecule has 0 spiro atoms. The lowest BCUT2D eigenvalue weighted by Gasteiger charge is -2.50. The van der Waals surface area contributed by atoms with Crippen molar-refractivity contribution in [2.45, 2.75) is 34.9 Å². The Labute approximate surface area is 103 Å². The summed E-state index contributed by atoms with van der Waals surface area (Å²) in [5.41, 5.74) is 0. The van der Waals surface area contributed by atoms with E-state index in [1.165, 1.54) is 0 Å². The normalized spacial score (nSPS) is 38.5. The summed E-state index contributed by atoms with van der Waals surface area (Å²) in [4.78, 5) is 0. The summed E-state index contributed by atoms with van der Waals surface area (Å²) in [6.07, 6.45) is -5.71. The SMILES string of the molecule is O=S(=O)([O-])C1(F)C(F)C(F)(F)C(F)(F)C(F)(F)C1(F)F. The molecule has 0 saturated heterocycles. The summed E-state index contributed by atoms with van der Waals surface area (Å²) >= 11 is 0. The van der Waals surface area contributed by atoms with Crippen molar-refractivity contribution in [2.75, 3.05) is 0 Å². The molecule has 14 heteroatoms. The first-order valence-electron chi connectivity index (χ1n) is 4.20. The number of halogens is 10. The van der Waals surface area contributed by atoms with Gasteiger partial charge in [-0.25, -0.2) is 17.2 Å². The third-order valence-corrected chi connectivity index (χ3v) is 3.83. The summed E-state index contributed by atoms with van der Waals surface area (Å²) in [6, 6.07) is 0. The molecular weight excluding hydrogens is 342 g/mol. The standard InChI is InChI=1S/C6H2F10O3S/c7-1-2(8,9)4(11,12)6(15,16)5(13,14)3(1,10)20(17,18)19/h1H,(H,17,18,19)/p-1. The van der Waals surface area contributed by atoms with Gasteiger partial charge in [-0.1, -0.05) is 0 Å². The summed E-state index contributed by atoms with van der Waals surface area (Å²) in [7, 11) is -7.51. The third-order valence-electron chi connectivity index (χ3n) is 2.64. The van der Waals surface area contributed by atoms with Crippen LogP contribution in [0.4, 0.5) is 43.9 Å². The molecular formula is C6HF10O3S-. The zero-order valence-electron chi connectivity index (χ0n) is 8.49. The van der Waals surface area contributed by atoms with Gasteiger partial charge >= 0.3 is 28.7 Å². The maximum atomic E-state index is 13.3. The van der Waals surface area contributed by atoms with Gasteiger partial charge in [0.1, 0.15) is 10.1 Å². The lowest BCUT2D eigenvalue weighted by molar-refractivity contribution is -0.429. The van der Waals surface area contributed by atoms with Crippen LogP contribution in [0.1, 0.15) is 0 Å². The van der Waals surface area contributed by atoms with E-state index in [0.717, 1.165) is 0 Å². The van der Waals surface area contributed by atoms with E-state index < -0.39 is 45.0 Å². The summed E-state index contributed by atoms with van der Waals surface area (Å²) in [5.74, 6) is -28.6. The van der Waals surface area contributed by atoms with Crippen LogP contribution in [0.2, 0.25) is 0 Å². The molecule has 0 amide bonds. The third kappa shape index (κ3) is 1.43. The number of rotatable bonds is 1. The first-order chi connectivity index (χ1) is 8.40. The summed E-state index contributed by atoms with van der Waals surface area (Å²) in [5, 5.41) is -6.77. The quantitative estimate of drug-likeness (QED) is 0.541. The zero-order valence-corrected chi connectivity index (χ0v) is 9.31. The highest BCUT2D eigenvalue weighted by Gasteiger charge is 2.96. The average molecular weight is 343 g/mol. The van der Waals surface area contributed by atoms with Gasteiger partial charge in [-0.3, -0.25) is 0 Å². The zero-order chi connectivity index (χ0) is 16.6. The van der Waals surface area contributed by atoms with Crippen LogP contribution in [0, 0.1) is 0 Å². The molecule has 1 aliphatic rings. The van der Waals surface area contributed by atoms with E-state index in [-0.39, 0.29) is 0 Å². The van der Waals surface area contributed by atoms with E-state index in [4.69, 9.17) is 0 Å². The van der Waals surface area contributed by atoms with Gasteiger partial charge in [0.25, 0.3) is 0 Å². The van der Waals surface area contributed by atoms with Crippen LogP contribution in [0.5, 0.6) is 0 Å². The molecule has 1 fully saturated rings. The predicted octanol–water partition coefficient (Wildman–Crippen LogP) is 2.09. The fourth-order valence-corrected chi connectivity index (χ4v) is 2.30. The van der Waals surface area contributed by atoms with Gasteiger partial charge in [-0.2, -0.15) is 35.1 Å². The molecule has 3 nitrogen and oxygen atoms in total. The second kappa shape index (κ2) is 3.69. The minimum atomic E-state index is -7.51. The molecule has 0 heterocycles. The van der Waals surface area contributed by atoms with Gasteiger partial charge in [0.05, 0.1) is 0 Å². The Hall–Kier alpha value is -0.790. The fraction of sp³-hybridized carbons (Fsp3) is 1.00. The second-order valence-corrected chi connectivity index (χ2v) is 5.31. The highest BCUT2D eigenvalue weighted by molar-refractivity contribution is 7.87. The topological polar surface area (TPSA) is 57.2 Å². The van der Waals surface area contributed by atoms with E-state index in [1.54, 1.807) is 0 Å². The van der Waals surface area contributed by atoms with Crippen LogP contribution in [0.3, 0.4) is 0 Å². The van der Waals surface area contributed by atoms with Gasteiger partial charge in [0.15, 0.2) is 0 Å². The molecule has 0 radical (unpaired) electrons. The van der Waals surface area contributed by atoms with Crippen LogP contribution >= 0.6 is 0 Å². The van der Waals surface area contributed by atoms with Gasteiger partial charge in [-0.05, 0) is 0 Å². The number of hydrogen-bond acceptors (Lipinski definition) is 3. The van der Waals surface area contributed by atoms with Crippen molar-refractivity contribution in [3.63, 3.8) is 0 Å². The van der Waals surface area contributed by atoms with Gasteiger partial charge in [0, 0.05) is 0 Å². The summed E-state index contributed by atoms with van der Waals surface area (Å²) in [6.45, 7) is 0. The Bertz CT molecular complexity index is 527. The predicted molar refractivity (Wildman–Crippen MR) is 38.2 cm³/mol. The Kier molecular flexibility index (Phi) is 3.19. The van der Waals surface area contributed by atoms with E-state index in [0.29, 0.717) is 0 Å². The lowest BCUT2D eigenvalue weighted by Crippen LogP contribution is -2.81. The molecule has 2 unspecified atom stereocenters. The number of alkyl halides is 10. The molecule has 1 rings (SSSR count). The van der Waals surface area contributed by atoms with Gasteiger partial charge in [0.2, 0.25) is 6.17 Å². The maximum Gasteiger partial charge on any atom is 0.382 e. The molecule has 0 bridgehead atoms. The first-order valence-corrected chi connectivity index (χ1v) is 5.61. The molecule has 0 N–H and O–H groups in total. The van der Waals surface area contributed by atoms with Gasteiger partial charge < -0.3 is 4.55 Å². The maximum absolute atomic E-state index is 13.3. The van der Waals surface area contributed by atoms with E-state index >= 15 is 0 Å². The van der Waals surface area contributed by atoms with Crippen molar-refractivity contribution in [2.24, 2.45) is 0 Å². The first kappa shape index (κ1) is 17.3. The summed E-state index contributed by atoms with van der Waals surface area (Å²) < 4.78 is 158. The Morgan fingerprint density at radius 3 is 1.40 bits per heavy atom. The molecule has 0 aromatic carbocycles. The monoisotopic (exact) mass is 343 g/mol. The van der Waals surface area contributed by atoms with Crippen molar-refractivity contribution in [3.8, 4) is 0 Å². The minimum Gasteiger partial charge on any atom is -0.745 e. The van der Waals surface area contributed by atoms with E-state index in [1.807, 2.05) is 0 Å². The van der Waals surface area contributed by atoms with Crippen LogP contribution in [0.15, 0.2) is 0 Å². The van der Waals surface area contributed by atoms with E-state index in [9.17, 15) is 56.9 Å². The van der Waals surface area contributed by atoms with Crippen molar-refractivity contribution in [3.05, 3.63) is 0 Å². The molecule has 1 saturated carbocycles. The largest absolute Gasteiger partial charge is 0.745 e. The van der Waals surface area contributed by atoms with Crippen LogP contribution in [-0.4, -0.2) is 47.8 Å². The second-order valence-electron chi connectivity index (χ2n) is 3.81. The molecule has 120 valence electrons. The molecule has 0 aromatic heterocycles. The van der Waals surface area contributed by atoms with Crippen LogP contribution in [0.25, 0.3) is 0 Å². The number of hydrogen-bond donors (Lipinski definition) is 0. The van der Waals surface area contributed by atoms with E-state index in [2.05, 4.69) is 0 Å². The van der Waals surface area contributed by atoms with Crippen LogP contribution < -0.4 is 0 Å². The fourth-order valence-electron chi connectivity index (χ4n) is 1.46. The highest BCUT2D eigenvalue weighted by atomic mass is 32.2. The highest BCUT2D eigenvalue weighted by Crippen LogP contribution is 2.65. The van der Waals surface area contributed by atoms with Gasteiger partial charge in [-0.15, -0.1) is 0 Å².